The zero-order chi connectivity index (χ0) is 12.8. The van der Waals surface area contributed by atoms with Crippen LogP contribution in [0.2, 0.25) is 0 Å². The Hall–Kier alpha value is -1.68. The quantitative estimate of drug-likeness (QED) is 0.868. The normalized spacial score (nSPS) is 12.2. The lowest BCUT2D eigenvalue weighted by Crippen LogP contribution is -2.19. The molecule has 4 heteroatoms. The van der Waals surface area contributed by atoms with Gasteiger partial charge in [0.2, 0.25) is 0 Å². The van der Waals surface area contributed by atoms with Crippen LogP contribution in [-0.2, 0) is 17.0 Å². The van der Waals surface area contributed by atoms with E-state index in [1.54, 1.807) is 12.5 Å². The van der Waals surface area contributed by atoms with Crippen LogP contribution in [0, 0.1) is 0 Å². The molecule has 0 saturated heterocycles. The fourth-order valence-electron chi connectivity index (χ4n) is 1.62. The van der Waals surface area contributed by atoms with Gasteiger partial charge in [-0.25, -0.2) is 0 Å². The zero-order valence-corrected chi connectivity index (χ0v) is 10.6. The molecule has 1 atom stereocenters. The van der Waals surface area contributed by atoms with Crippen molar-refractivity contribution in [2.75, 3.05) is 0 Å². The van der Waals surface area contributed by atoms with Gasteiger partial charge in [-0.15, -0.1) is 11.8 Å². The van der Waals surface area contributed by atoms with Gasteiger partial charge in [-0.05, 0) is 18.1 Å². The van der Waals surface area contributed by atoms with Crippen molar-refractivity contribution in [3.05, 3.63) is 60.1 Å². The summed E-state index contributed by atoms with van der Waals surface area (Å²) in [5.41, 5.74) is 2.06. The molecule has 0 bridgehead atoms. The maximum atomic E-state index is 11.2. The van der Waals surface area contributed by atoms with E-state index in [2.05, 4.69) is 0 Å². The van der Waals surface area contributed by atoms with Crippen LogP contribution in [0.25, 0.3) is 0 Å². The van der Waals surface area contributed by atoms with Crippen LogP contribution >= 0.6 is 11.8 Å². The monoisotopic (exact) mass is 262 g/mol. The number of aliphatic carboxylic acids is 1. The molecule has 1 unspecified atom stereocenters. The highest BCUT2D eigenvalue weighted by Crippen LogP contribution is 2.21. The molecule has 1 aromatic carbocycles. The number of furan rings is 1. The highest BCUT2D eigenvalue weighted by Gasteiger charge is 2.18. The second-order valence-corrected chi connectivity index (χ2v) is 5.15. The SMILES string of the molecule is O=C(O)C(Cc1ccccc1)SCc1ccoc1. The number of carboxylic acids is 1. The third-order valence-corrected chi connectivity index (χ3v) is 3.84. The molecule has 0 radical (unpaired) electrons. The third-order valence-electron chi connectivity index (χ3n) is 2.57. The lowest BCUT2D eigenvalue weighted by molar-refractivity contribution is -0.136. The number of carboxylic acid groups (broad SMARTS) is 1. The van der Waals surface area contributed by atoms with Crippen molar-refractivity contribution < 1.29 is 14.3 Å². The van der Waals surface area contributed by atoms with Crippen LogP contribution in [0.15, 0.2) is 53.3 Å². The van der Waals surface area contributed by atoms with Crippen LogP contribution < -0.4 is 0 Å². The van der Waals surface area contributed by atoms with E-state index in [-0.39, 0.29) is 0 Å². The standard InChI is InChI=1S/C14H14O3S/c15-14(16)13(8-11-4-2-1-3-5-11)18-10-12-6-7-17-9-12/h1-7,9,13H,8,10H2,(H,15,16). The lowest BCUT2D eigenvalue weighted by Gasteiger charge is -2.11. The molecule has 18 heavy (non-hydrogen) atoms. The minimum absolute atomic E-state index is 0.428. The molecule has 94 valence electrons. The van der Waals surface area contributed by atoms with Crippen LogP contribution in [0.4, 0.5) is 0 Å². The summed E-state index contributed by atoms with van der Waals surface area (Å²) in [6, 6.07) is 11.5. The Morgan fingerprint density at radius 3 is 2.61 bits per heavy atom. The van der Waals surface area contributed by atoms with E-state index >= 15 is 0 Å². The van der Waals surface area contributed by atoms with E-state index in [0.29, 0.717) is 12.2 Å². The molecule has 1 heterocycles. The summed E-state index contributed by atoms with van der Waals surface area (Å²) in [5.74, 6) is -0.118. The number of carbonyl (C=O) groups is 1. The molecule has 2 aromatic rings. The van der Waals surface area contributed by atoms with E-state index in [1.165, 1.54) is 11.8 Å². The molecule has 0 fully saturated rings. The first-order valence-corrected chi connectivity index (χ1v) is 6.70. The average molecular weight is 262 g/mol. The summed E-state index contributed by atoms with van der Waals surface area (Å²) < 4.78 is 4.96. The molecule has 0 spiro atoms. The molecule has 1 N–H and O–H groups in total. The van der Waals surface area contributed by atoms with Gasteiger partial charge in [-0.3, -0.25) is 4.79 Å². The molecule has 0 aliphatic carbocycles. The number of benzene rings is 1. The first kappa shape index (κ1) is 12.8. The Kier molecular flexibility index (Phi) is 4.47. The summed E-state index contributed by atoms with van der Waals surface area (Å²) in [7, 11) is 0. The Labute approximate surface area is 110 Å². The van der Waals surface area contributed by atoms with Gasteiger partial charge < -0.3 is 9.52 Å². The van der Waals surface area contributed by atoms with E-state index in [4.69, 9.17) is 4.42 Å². The maximum absolute atomic E-state index is 11.2. The van der Waals surface area contributed by atoms with Crippen molar-refractivity contribution in [1.82, 2.24) is 0 Å². The van der Waals surface area contributed by atoms with E-state index in [1.807, 2.05) is 36.4 Å². The molecule has 0 aliphatic heterocycles. The van der Waals surface area contributed by atoms with Crippen molar-refractivity contribution >= 4 is 17.7 Å². The molecule has 2 rings (SSSR count). The predicted octanol–water partition coefficient (Wildman–Crippen LogP) is 3.21. The smallest absolute Gasteiger partial charge is 0.316 e. The van der Waals surface area contributed by atoms with Crippen molar-refractivity contribution in [3.8, 4) is 0 Å². The number of hydrogen-bond acceptors (Lipinski definition) is 3. The topological polar surface area (TPSA) is 50.4 Å². The average Bonchev–Trinajstić information content (AvgIpc) is 2.88. The summed E-state index contributed by atoms with van der Waals surface area (Å²) in [6.07, 6.45) is 3.79. The van der Waals surface area contributed by atoms with Gasteiger partial charge in [0.05, 0.1) is 12.5 Å². The number of thioether (sulfide) groups is 1. The van der Waals surface area contributed by atoms with Crippen LogP contribution in [0.1, 0.15) is 11.1 Å². The highest BCUT2D eigenvalue weighted by atomic mass is 32.2. The lowest BCUT2D eigenvalue weighted by atomic mass is 10.1. The summed E-state index contributed by atoms with van der Waals surface area (Å²) in [6.45, 7) is 0. The van der Waals surface area contributed by atoms with E-state index in [9.17, 15) is 9.90 Å². The number of hydrogen-bond donors (Lipinski definition) is 1. The molecule has 0 aliphatic rings. The van der Waals surface area contributed by atoms with Crippen molar-refractivity contribution in [1.29, 1.82) is 0 Å². The highest BCUT2D eigenvalue weighted by molar-refractivity contribution is 7.99. The van der Waals surface area contributed by atoms with Crippen LogP contribution in [-0.4, -0.2) is 16.3 Å². The van der Waals surface area contributed by atoms with Crippen LogP contribution in [0.5, 0.6) is 0 Å². The molecule has 3 nitrogen and oxygen atoms in total. The molecule has 0 amide bonds. The summed E-state index contributed by atoms with van der Waals surface area (Å²) >= 11 is 1.42. The van der Waals surface area contributed by atoms with Crippen molar-refractivity contribution in [2.24, 2.45) is 0 Å². The molecular formula is C14H14O3S. The third kappa shape index (κ3) is 3.67. The van der Waals surface area contributed by atoms with Gasteiger partial charge in [-0.2, -0.15) is 0 Å². The molecule has 1 aromatic heterocycles. The number of rotatable bonds is 6. The first-order valence-electron chi connectivity index (χ1n) is 5.65. The van der Waals surface area contributed by atoms with Gasteiger partial charge in [-0.1, -0.05) is 30.3 Å². The second kappa shape index (κ2) is 6.31. The second-order valence-electron chi connectivity index (χ2n) is 3.96. The Balaban J connectivity index is 1.94. The fraction of sp³-hybridized carbons (Fsp3) is 0.214. The molecule has 0 saturated carbocycles. The van der Waals surface area contributed by atoms with Crippen LogP contribution in [0.3, 0.4) is 0 Å². The van der Waals surface area contributed by atoms with Gasteiger partial charge in [0.15, 0.2) is 0 Å². The fourth-order valence-corrected chi connectivity index (χ4v) is 2.63. The molecular weight excluding hydrogens is 248 g/mol. The Morgan fingerprint density at radius 1 is 1.22 bits per heavy atom. The zero-order valence-electron chi connectivity index (χ0n) is 9.78. The van der Waals surface area contributed by atoms with Gasteiger partial charge >= 0.3 is 5.97 Å². The minimum Gasteiger partial charge on any atom is -0.480 e. The first-order chi connectivity index (χ1) is 8.75. The minimum atomic E-state index is -0.771. The van der Waals surface area contributed by atoms with Gasteiger partial charge in [0.25, 0.3) is 0 Å². The largest absolute Gasteiger partial charge is 0.480 e. The summed E-state index contributed by atoms with van der Waals surface area (Å²) in [5, 5.41) is 8.79. The van der Waals surface area contributed by atoms with Crippen molar-refractivity contribution in [2.45, 2.75) is 17.4 Å². The van der Waals surface area contributed by atoms with Crippen molar-refractivity contribution in [3.63, 3.8) is 0 Å². The van der Waals surface area contributed by atoms with E-state index < -0.39 is 11.2 Å². The van der Waals surface area contributed by atoms with Gasteiger partial charge in [0, 0.05) is 11.3 Å². The van der Waals surface area contributed by atoms with Gasteiger partial charge in [0.1, 0.15) is 5.25 Å². The summed E-state index contributed by atoms with van der Waals surface area (Å²) in [4.78, 5) is 11.2. The maximum Gasteiger partial charge on any atom is 0.316 e. The van der Waals surface area contributed by atoms with E-state index in [0.717, 1.165) is 11.1 Å². The Morgan fingerprint density at radius 2 is 2.00 bits per heavy atom. The Bertz CT molecular complexity index is 479. The predicted molar refractivity (Wildman–Crippen MR) is 71.6 cm³/mol.